The molecule has 0 heterocycles. The maximum atomic E-state index is 13.5. The Morgan fingerprint density at radius 2 is 1.76 bits per heavy atom. The van der Waals surface area contributed by atoms with Crippen LogP contribution in [0, 0.1) is 11.6 Å². The molecule has 0 radical (unpaired) electrons. The molecule has 29 heavy (non-hydrogen) atoms. The average molecular weight is 424 g/mol. The summed E-state index contributed by atoms with van der Waals surface area (Å²) in [4.78, 5) is 37.4. The van der Waals surface area contributed by atoms with E-state index < -0.39 is 17.5 Å². The molecule has 2 aromatic carbocycles. The van der Waals surface area contributed by atoms with E-state index in [1.165, 1.54) is 17.0 Å². The number of benzene rings is 2. The van der Waals surface area contributed by atoms with Crippen molar-refractivity contribution in [3.05, 3.63) is 64.2 Å². The summed E-state index contributed by atoms with van der Waals surface area (Å²) in [6.45, 7) is 0.133. The Morgan fingerprint density at radius 3 is 2.41 bits per heavy atom. The number of hydrogen-bond donors (Lipinski definition) is 2. The van der Waals surface area contributed by atoms with E-state index in [9.17, 15) is 23.2 Å². The lowest BCUT2D eigenvalue weighted by Crippen LogP contribution is -2.26. The molecule has 154 valence electrons. The Balaban J connectivity index is 1.84. The van der Waals surface area contributed by atoms with Crippen LogP contribution >= 0.6 is 11.6 Å². The van der Waals surface area contributed by atoms with Crippen LogP contribution in [0.5, 0.6) is 0 Å². The second-order valence-electron chi connectivity index (χ2n) is 6.43. The summed E-state index contributed by atoms with van der Waals surface area (Å²) < 4.78 is 26.4. The molecule has 0 bridgehead atoms. The van der Waals surface area contributed by atoms with Crippen LogP contribution < -0.4 is 10.6 Å². The fraction of sp³-hybridized carbons (Fsp3) is 0.250. The largest absolute Gasteiger partial charge is 0.352 e. The highest BCUT2D eigenvalue weighted by Crippen LogP contribution is 2.22. The van der Waals surface area contributed by atoms with Gasteiger partial charge in [-0.15, -0.1) is 0 Å². The van der Waals surface area contributed by atoms with Gasteiger partial charge < -0.3 is 15.5 Å². The van der Waals surface area contributed by atoms with Crippen LogP contribution in [0.4, 0.5) is 14.5 Å². The van der Waals surface area contributed by atoms with Crippen molar-refractivity contribution >= 4 is 35.0 Å². The highest BCUT2D eigenvalue weighted by atomic mass is 35.5. The van der Waals surface area contributed by atoms with Crippen LogP contribution in [-0.4, -0.2) is 43.3 Å². The first-order valence-electron chi connectivity index (χ1n) is 8.73. The van der Waals surface area contributed by atoms with Gasteiger partial charge in [-0.05, 0) is 36.8 Å². The van der Waals surface area contributed by atoms with E-state index in [-0.39, 0.29) is 40.9 Å². The number of carbonyl (C=O) groups excluding carboxylic acids is 3. The first kappa shape index (κ1) is 22.3. The third-order valence-corrected chi connectivity index (χ3v) is 4.26. The third kappa shape index (κ3) is 6.25. The smallest absolute Gasteiger partial charge is 0.254 e. The van der Waals surface area contributed by atoms with Crippen LogP contribution in [0.1, 0.15) is 33.6 Å². The fourth-order valence-corrected chi connectivity index (χ4v) is 2.65. The number of halogens is 3. The number of amides is 3. The monoisotopic (exact) mass is 423 g/mol. The number of carbonyl (C=O) groups is 3. The summed E-state index contributed by atoms with van der Waals surface area (Å²) in [7, 11) is 3.19. The van der Waals surface area contributed by atoms with Crippen LogP contribution in [-0.2, 0) is 4.79 Å². The standard InChI is InChI=1S/C20H20ClF2N3O3/c1-26(2)20(29)15-11-13(6-8-16(15)21)25-18(27)4-3-9-24-19(28)14-7-5-12(22)10-17(14)23/h5-8,10-11H,3-4,9H2,1-2H3,(H,24,28)(H,25,27). The van der Waals surface area contributed by atoms with Gasteiger partial charge in [-0.1, -0.05) is 11.6 Å². The molecule has 2 aromatic rings. The summed E-state index contributed by atoms with van der Waals surface area (Å²) in [6, 6.07) is 7.26. The number of hydrogen-bond acceptors (Lipinski definition) is 3. The van der Waals surface area contributed by atoms with Gasteiger partial charge in [-0.3, -0.25) is 14.4 Å². The van der Waals surface area contributed by atoms with Crippen molar-refractivity contribution in [3.8, 4) is 0 Å². The quantitative estimate of drug-likeness (QED) is 0.669. The van der Waals surface area contributed by atoms with Gasteiger partial charge in [0.05, 0.1) is 16.1 Å². The van der Waals surface area contributed by atoms with E-state index >= 15 is 0 Å². The minimum atomic E-state index is -0.953. The minimum absolute atomic E-state index is 0.0891. The predicted octanol–water partition coefficient (Wildman–Crippen LogP) is 3.47. The number of rotatable bonds is 7. The van der Waals surface area contributed by atoms with Crippen molar-refractivity contribution in [1.82, 2.24) is 10.2 Å². The zero-order valence-electron chi connectivity index (χ0n) is 15.9. The van der Waals surface area contributed by atoms with Crippen molar-refractivity contribution in [2.24, 2.45) is 0 Å². The molecular weight excluding hydrogens is 404 g/mol. The summed E-state index contributed by atoms with van der Waals surface area (Å²) in [5.74, 6) is -3.02. The molecule has 0 aliphatic heterocycles. The molecule has 2 rings (SSSR count). The lowest BCUT2D eigenvalue weighted by Gasteiger charge is -2.13. The molecule has 9 heteroatoms. The lowest BCUT2D eigenvalue weighted by molar-refractivity contribution is -0.116. The molecule has 0 aliphatic rings. The molecule has 2 N–H and O–H groups in total. The number of nitrogens with zero attached hydrogens (tertiary/aromatic N) is 1. The van der Waals surface area contributed by atoms with E-state index in [2.05, 4.69) is 10.6 Å². The molecule has 6 nitrogen and oxygen atoms in total. The molecule has 3 amide bonds. The molecule has 0 fully saturated rings. The van der Waals surface area contributed by atoms with E-state index in [0.717, 1.165) is 12.1 Å². The molecular formula is C20H20ClF2N3O3. The van der Waals surface area contributed by atoms with Crippen molar-refractivity contribution in [2.75, 3.05) is 26.0 Å². The maximum Gasteiger partial charge on any atom is 0.254 e. The Kier molecular flexibility index (Phi) is 7.67. The molecule has 0 saturated carbocycles. The van der Waals surface area contributed by atoms with Crippen molar-refractivity contribution in [1.29, 1.82) is 0 Å². The topological polar surface area (TPSA) is 78.5 Å². The highest BCUT2D eigenvalue weighted by Gasteiger charge is 2.15. The van der Waals surface area contributed by atoms with Gasteiger partial charge in [0.1, 0.15) is 11.6 Å². The third-order valence-electron chi connectivity index (χ3n) is 3.93. The fourth-order valence-electron chi connectivity index (χ4n) is 2.45. The Labute approximate surface area is 171 Å². The zero-order valence-corrected chi connectivity index (χ0v) is 16.6. The van der Waals surface area contributed by atoms with Crippen molar-refractivity contribution in [2.45, 2.75) is 12.8 Å². The van der Waals surface area contributed by atoms with Gasteiger partial charge in [0.25, 0.3) is 11.8 Å². The number of anilines is 1. The summed E-state index contributed by atoms with van der Waals surface area (Å²) in [5, 5.41) is 5.40. The van der Waals surface area contributed by atoms with E-state index in [1.54, 1.807) is 20.2 Å². The van der Waals surface area contributed by atoms with Gasteiger partial charge in [0.15, 0.2) is 0 Å². The van der Waals surface area contributed by atoms with E-state index in [0.29, 0.717) is 18.2 Å². The normalized spacial score (nSPS) is 10.4. The highest BCUT2D eigenvalue weighted by molar-refractivity contribution is 6.34. The molecule has 0 saturated heterocycles. The van der Waals surface area contributed by atoms with Gasteiger partial charge in [-0.25, -0.2) is 8.78 Å². The molecule has 0 spiro atoms. The average Bonchev–Trinajstić information content (AvgIpc) is 2.66. The predicted molar refractivity (Wildman–Crippen MR) is 106 cm³/mol. The van der Waals surface area contributed by atoms with Crippen LogP contribution in [0.25, 0.3) is 0 Å². The molecule has 0 aromatic heterocycles. The Morgan fingerprint density at radius 1 is 1.03 bits per heavy atom. The second-order valence-corrected chi connectivity index (χ2v) is 6.83. The summed E-state index contributed by atoms with van der Waals surface area (Å²) >= 11 is 6.03. The van der Waals surface area contributed by atoms with Crippen LogP contribution in [0.3, 0.4) is 0 Å². The lowest BCUT2D eigenvalue weighted by atomic mass is 10.1. The Bertz CT molecular complexity index is 935. The van der Waals surface area contributed by atoms with Crippen LogP contribution in [0.15, 0.2) is 36.4 Å². The minimum Gasteiger partial charge on any atom is -0.352 e. The van der Waals surface area contributed by atoms with Crippen molar-refractivity contribution in [3.63, 3.8) is 0 Å². The van der Waals surface area contributed by atoms with Gasteiger partial charge in [-0.2, -0.15) is 0 Å². The first-order valence-corrected chi connectivity index (χ1v) is 9.11. The van der Waals surface area contributed by atoms with E-state index in [4.69, 9.17) is 11.6 Å². The Hall–Kier alpha value is -3.00. The summed E-state index contributed by atoms with van der Waals surface area (Å²) in [5.41, 5.74) is 0.417. The number of nitrogens with one attached hydrogen (secondary N) is 2. The molecule has 0 atom stereocenters. The van der Waals surface area contributed by atoms with Crippen molar-refractivity contribution < 1.29 is 23.2 Å². The zero-order chi connectivity index (χ0) is 21.6. The first-order chi connectivity index (χ1) is 13.7. The maximum absolute atomic E-state index is 13.5. The van der Waals surface area contributed by atoms with E-state index in [1.807, 2.05) is 0 Å². The van der Waals surface area contributed by atoms with Gasteiger partial charge in [0, 0.05) is 38.8 Å². The molecule has 0 aliphatic carbocycles. The molecule has 0 unspecified atom stereocenters. The van der Waals surface area contributed by atoms with Gasteiger partial charge >= 0.3 is 0 Å². The SMILES string of the molecule is CN(C)C(=O)c1cc(NC(=O)CCCNC(=O)c2ccc(F)cc2F)ccc1Cl. The summed E-state index contributed by atoms with van der Waals surface area (Å²) in [6.07, 6.45) is 0.392. The van der Waals surface area contributed by atoms with Crippen LogP contribution in [0.2, 0.25) is 5.02 Å². The van der Waals surface area contributed by atoms with Gasteiger partial charge in [0.2, 0.25) is 5.91 Å². The second kappa shape index (κ2) is 9.97.